The number of hydrogen-bond acceptors (Lipinski definition) is 3. The van der Waals surface area contributed by atoms with Crippen molar-refractivity contribution in [2.75, 3.05) is 19.5 Å². The maximum Gasteiger partial charge on any atom is 0.416 e. The van der Waals surface area contributed by atoms with Gasteiger partial charge in [0.15, 0.2) is 5.96 Å². The van der Waals surface area contributed by atoms with Gasteiger partial charge in [-0.25, -0.2) is 4.99 Å². The molecule has 0 bridgehead atoms. The molecule has 2 aromatic rings. The van der Waals surface area contributed by atoms with Crippen molar-refractivity contribution in [1.29, 1.82) is 0 Å². The van der Waals surface area contributed by atoms with Crippen LogP contribution in [-0.4, -0.2) is 20.2 Å². The molecule has 0 spiro atoms. The minimum absolute atomic E-state index is 0.103. The molecule has 0 atom stereocenters. The third-order valence-corrected chi connectivity index (χ3v) is 3.38. The summed E-state index contributed by atoms with van der Waals surface area (Å²) in [5, 5.41) is 2.88. The third kappa shape index (κ3) is 5.03. The molecule has 0 aliphatic carbocycles. The van der Waals surface area contributed by atoms with Crippen LogP contribution in [0.15, 0.2) is 47.5 Å². The lowest BCUT2D eigenvalue weighted by Gasteiger charge is -2.12. The van der Waals surface area contributed by atoms with E-state index in [1.807, 2.05) is 0 Å². The molecule has 0 aliphatic heterocycles. The van der Waals surface area contributed by atoms with Gasteiger partial charge in [-0.15, -0.1) is 0 Å². The van der Waals surface area contributed by atoms with Gasteiger partial charge in [-0.1, -0.05) is 12.1 Å². The molecule has 0 unspecified atom stereocenters. The van der Waals surface area contributed by atoms with Gasteiger partial charge in [-0.05, 0) is 29.8 Å². The molecule has 2 aromatic carbocycles. The Morgan fingerprint density at radius 1 is 1.08 bits per heavy atom. The normalized spacial score (nSPS) is 12.0. The number of ether oxygens (including phenoxy) is 2. The van der Waals surface area contributed by atoms with Crippen molar-refractivity contribution in [2.24, 2.45) is 10.7 Å². The molecule has 3 N–H and O–H groups in total. The highest BCUT2D eigenvalue weighted by Crippen LogP contribution is 2.30. The van der Waals surface area contributed by atoms with Crippen LogP contribution in [-0.2, 0) is 12.7 Å². The van der Waals surface area contributed by atoms with E-state index in [2.05, 4.69) is 10.3 Å². The number of benzene rings is 2. The minimum Gasteiger partial charge on any atom is -0.497 e. The Kier molecular flexibility index (Phi) is 5.74. The summed E-state index contributed by atoms with van der Waals surface area (Å²) in [6, 6.07) is 9.90. The molecule has 0 fully saturated rings. The SMILES string of the molecule is COc1ccc(OC)c(NC(N)=NCc2ccc(C(F)(F)F)cc2)c1. The van der Waals surface area contributed by atoms with Gasteiger partial charge in [0, 0.05) is 6.07 Å². The van der Waals surface area contributed by atoms with Gasteiger partial charge in [-0.3, -0.25) is 0 Å². The molecule has 0 saturated carbocycles. The van der Waals surface area contributed by atoms with Crippen LogP contribution in [0.25, 0.3) is 0 Å². The number of nitrogens with one attached hydrogen (secondary N) is 1. The highest BCUT2D eigenvalue weighted by Gasteiger charge is 2.29. The smallest absolute Gasteiger partial charge is 0.416 e. The van der Waals surface area contributed by atoms with Crippen LogP contribution in [0.3, 0.4) is 0 Å². The molecule has 134 valence electrons. The average Bonchev–Trinajstić information content (AvgIpc) is 2.59. The number of halogens is 3. The maximum atomic E-state index is 12.5. The lowest BCUT2D eigenvalue weighted by atomic mass is 10.1. The Bertz CT molecular complexity index is 744. The molecule has 0 radical (unpaired) electrons. The monoisotopic (exact) mass is 353 g/mol. The number of aliphatic imine (C=N–C) groups is 1. The number of nitrogens with two attached hydrogens (primary N) is 1. The zero-order valence-corrected chi connectivity index (χ0v) is 13.7. The van der Waals surface area contributed by atoms with Crippen LogP contribution in [0.2, 0.25) is 0 Å². The van der Waals surface area contributed by atoms with E-state index in [1.165, 1.54) is 26.4 Å². The Balaban J connectivity index is 2.07. The quantitative estimate of drug-likeness (QED) is 0.636. The lowest BCUT2D eigenvalue weighted by Crippen LogP contribution is -2.23. The highest BCUT2D eigenvalue weighted by molar-refractivity contribution is 5.94. The number of guanidine groups is 1. The number of methoxy groups -OCH3 is 2. The first-order valence-electron chi connectivity index (χ1n) is 7.28. The van der Waals surface area contributed by atoms with Gasteiger partial charge in [0.1, 0.15) is 11.5 Å². The van der Waals surface area contributed by atoms with E-state index in [4.69, 9.17) is 15.2 Å². The minimum atomic E-state index is -4.36. The van der Waals surface area contributed by atoms with Crippen molar-refractivity contribution < 1.29 is 22.6 Å². The van der Waals surface area contributed by atoms with Gasteiger partial charge in [0.25, 0.3) is 0 Å². The number of anilines is 1. The van der Waals surface area contributed by atoms with E-state index >= 15 is 0 Å². The molecular formula is C17H18F3N3O2. The van der Waals surface area contributed by atoms with E-state index in [0.29, 0.717) is 22.7 Å². The predicted octanol–water partition coefficient (Wildman–Crippen LogP) is 3.65. The number of rotatable bonds is 5. The Hall–Kier alpha value is -2.90. The summed E-state index contributed by atoms with van der Waals surface area (Å²) in [5.74, 6) is 1.26. The van der Waals surface area contributed by atoms with E-state index in [0.717, 1.165) is 12.1 Å². The molecule has 0 saturated heterocycles. The van der Waals surface area contributed by atoms with Crippen molar-refractivity contribution in [3.05, 3.63) is 53.6 Å². The van der Waals surface area contributed by atoms with Gasteiger partial charge >= 0.3 is 6.18 Å². The molecular weight excluding hydrogens is 335 g/mol. The number of hydrogen-bond donors (Lipinski definition) is 2. The second-order valence-corrected chi connectivity index (χ2v) is 5.09. The fourth-order valence-electron chi connectivity index (χ4n) is 2.06. The van der Waals surface area contributed by atoms with Gasteiger partial charge in [-0.2, -0.15) is 13.2 Å². The molecule has 0 heterocycles. The second-order valence-electron chi connectivity index (χ2n) is 5.09. The Morgan fingerprint density at radius 2 is 1.76 bits per heavy atom. The zero-order chi connectivity index (χ0) is 18.4. The number of nitrogens with zero attached hydrogens (tertiary/aromatic N) is 1. The van der Waals surface area contributed by atoms with Crippen LogP contribution in [0.4, 0.5) is 18.9 Å². The largest absolute Gasteiger partial charge is 0.497 e. The van der Waals surface area contributed by atoms with Crippen LogP contribution in [0, 0.1) is 0 Å². The molecule has 8 heteroatoms. The van der Waals surface area contributed by atoms with Crippen molar-refractivity contribution in [2.45, 2.75) is 12.7 Å². The lowest BCUT2D eigenvalue weighted by molar-refractivity contribution is -0.137. The van der Waals surface area contributed by atoms with Crippen molar-refractivity contribution in [3.8, 4) is 11.5 Å². The summed E-state index contributed by atoms with van der Waals surface area (Å²) >= 11 is 0. The van der Waals surface area contributed by atoms with Crippen LogP contribution in [0.1, 0.15) is 11.1 Å². The molecule has 2 rings (SSSR count). The van der Waals surface area contributed by atoms with Crippen LogP contribution in [0.5, 0.6) is 11.5 Å². The summed E-state index contributed by atoms with van der Waals surface area (Å²) < 4.78 is 47.9. The van der Waals surface area contributed by atoms with E-state index in [1.54, 1.807) is 18.2 Å². The molecule has 5 nitrogen and oxygen atoms in total. The molecule has 0 aliphatic rings. The van der Waals surface area contributed by atoms with Crippen molar-refractivity contribution >= 4 is 11.6 Å². The van der Waals surface area contributed by atoms with E-state index < -0.39 is 11.7 Å². The summed E-state index contributed by atoms with van der Waals surface area (Å²) in [6.07, 6.45) is -4.36. The average molecular weight is 353 g/mol. The summed E-state index contributed by atoms with van der Waals surface area (Å²) in [6.45, 7) is 0.142. The molecule has 0 aromatic heterocycles. The van der Waals surface area contributed by atoms with Crippen molar-refractivity contribution in [1.82, 2.24) is 0 Å². The Labute approximate surface area is 143 Å². The first-order chi connectivity index (χ1) is 11.8. The molecule has 0 amide bonds. The zero-order valence-electron chi connectivity index (χ0n) is 13.7. The van der Waals surface area contributed by atoms with Crippen LogP contribution >= 0.6 is 0 Å². The number of alkyl halides is 3. The summed E-state index contributed by atoms with van der Waals surface area (Å²) in [4.78, 5) is 4.12. The standard InChI is InChI=1S/C17H18F3N3O2/c1-24-13-7-8-15(25-2)14(9-13)23-16(21)22-10-11-3-5-12(6-4-11)17(18,19)20/h3-9H,10H2,1-2H3,(H3,21,22,23). The topological polar surface area (TPSA) is 68.9 Å². The van der Waals surface area contributed by atoms with Crippen molar-refractivity contribution in [3.63, 3.8) is 0 Å². The fraction of sp³-hybridized carbons (Fsp3) is 0.235. The predicted molar refractivity (Wildman–Crippen MR) is 89.9 cm³/mol. The fourth-order valence-corrected chi connectivity index (χ4v) is 2.06. The van der Waals surface area contributed by atoms with E-state index in [-0.39, 0.29) is 12.5 Å². The first-order valence-corrected chi connectivity index (χ1v) is 7.28. The third-order valence-electron chi connectivity index (χ3n) is 3.38. The van der Waals surface area contributed by atoms with E-state index in [9.17, 15) is 13.2 Å². The highest BCUT2D eigenvalue weighted by atomic mass is 19.4. The summed E-state index contributed by atoms with van der Waals surface area (Å²) in [5.41, 5.74) is 6.30. The summed E-state index contributed by atoms with van der Waals surface area (Å²) in [7, 11) is 3.05. The Morgan fingerprint density at radius 3 is 2.32 bits per heavy atom. The van der Waals surface area contributed by atoms with Gasteiger partial charge in [0.05, 0.1) is 32.0 Å². The first kappa shape index (κ1) is 18.4. The van der Waals surface area contributed by atoms with Crippen LogP contribution < -0.4 is 20.5 Å². The second kappa shape index (κ2) is 7.78. The van der Waals surface area contributed by atoms with Gasteiger partial charge in [0.2, 0.25) is 0 Å². The van der Waals surface area contributed by atoms with Gasteiger partial charge < -0.3 is 20.5 Å². The molecule has 25 heavy (non-hydrogen) atoms. The maximum absolute atomic E-state index is 12.5.